The minimum absolute atomic E-state index is 0.164. The molecule has 5 rings (SSSR count). The average molecular weight is 452 g/mol. The van der Waals surface area contributed by atoms with Crippen molar-refractivity contribution in [1.82, 2.24) is 0 Å². The number of rotatable bonds is 4. The number of nitriles is 1. The highest BCUT2D eigenvalue weighted by Gasteiger charge is 2.58. The van der Waals surface area contributed by atoms with Crippen LogP contribution in [0.5, 0.6) is 0 Å². The van der Waals surface area contributed by atoms with Crippen molar-refractivity contribution < 1.29 is 9.00 Å². The Labute approximate surface area is 197 Å². The van der Waals surface area contributed by atoms with Crippen molar-refractivity contribution in [3.05, 3.63) is 107 Å². The van der Waals surface area contributed by atoms with Gasteiger partial charge in [0.15, 0.2) is 5.78 Å². The van der Waals surface area contributed by atoms with Gasteiger partial charge >= 0.3 is 0 Å². The molecule has 0 N–H and O–H groups in total. The van der Waals surface area contributed by atoms with Gasteiger partial charge in [-0.15, -0.1) is 0 Å². The van der Waals surface area contributed by atoms with E-state index in [9.17, 15) is 14.3 Å². The lowest BCUT2D eigenvalue weighted by Gasteiger charge is -2.30. The van der Waals surface area contributed by atoms with Crippen LogP contribution in [0.3, 0.4) is 0 Å². The molecule has 1 fully saturated rings. The lowest BCUT2D eigenvalue weighted by atomic mass is 9.71. The van der Waals surface area contributed by atoms with E-state index in [0.717, 1.165) is 32.7 Å². The molecule has 2 aliphatic carbocycles. The maximum Gasteiger partial charge on any atom is 0.159 e. The summed E-state index contributed by atoms with van der Waals surface area (Å²) in [6, 6.07) is 28.0. The number of aryl methyl sites for hydroxylation is 1. The standard InChI is InChI=1S/C29H25NO2S/c1-20-12-14-23(15-13-20)33(32)27-11-7-6-10-24(27)28(19-30)16-25-21(2)26(31)17-29(25,18-28)22-8-4-3-5-9-22/h3-15H,16-18H2,1-2H3/t28-,29-,33+/m1/s1. The summed E-state index contributed by atoms with van der Waals surface area (Å²) < 4.78 is 13.6. The molecule has 164 valence electrons. The first-order valence-corrected chi connectivity index (χ1v) is 12.3. The van der Waals surface area contributed by atoms with Gasteiger partial charge in [-0.05, 0) is 61.6 Å². The normalized spacial score (nSPS) is 25.1. The van der Waals surface area contributed by atoms with Crippen molar-refractivity contribution in [3.63, 3.8) is 0 Å². The van der Waals surface area contributed by atoms with Gasteiger partial charge in [0, 0.05) is 21.6 Å². The molecule has 0 bridgehead atoms. The zero-order valence-corrected chi connectivity index (χ0v) is 19.6. The molecule has 2 aliphatic rings. The Bertz CT molecular complexity index is 1350. The first kappa shape index (κ1) is 21.6. The second kappa shape index (κ2) is 7.93. The fraction of sp³-hybridized carbons (Fsp3) is 0.241. The number of carbonyl (C=O) groups is 1. The number of hydrogen-bond acceptors (Lipinski definition) is 3. The quantitative estimate of drug-likeness (QED) is 0.493. The van der Waals surface area contributed by atoms with Crippen LogP contribution in [0, 0.1) is 18.3 Å². The summed E-state index contributed by atoms with van der Waals surface area (Å²) in [7, 11) is -1.40. The topological polar surface area (TPSA) is 57.9 Å². The molecule has 4 heteroatoms. The smallest absolute Gasteiger partial charge is 0.159 e. The third kappa shape index (κ3) is 3.31. The molecule has 0 aromatic heterocycles. The monoisotopic (exact) mass is 451 g/mol. The van der Waals surface area contributed by atoms with Gasteiger partial charge in [-0.2, -0.15) is 5.26 Å². The van der Waals surface area contributed by atoms with Crippen LogP contribution in [0.1, 0.15) is 42.9 Å². The predicted molar refractivity (Wildman–Crippen MR) is 129 cm³/mol. The van der Waals surface area contributed by atoms with Crippen molar-refractivity contribution in [2.24, 2.45) is 0 Å². The maximum absolute atomic E-state index is 13.6. The van der Waals surface area contributed by atoms with Crippen LogP contribution in [-0.2, 0) is 26.4 Å². The van der Waals surface area contributed by atoms with Gasteiger partial charge in [0.25, 0.3) is 0 Å². The number of Topliss-reactive ketones (excluding diaryl/α,β-unsaturated/α-hetero) is 1. The number of nitrogens with zero attached hydrogens (tertiary/aromatic N) is 1. The van der Waals surface area contributed by atoms with E-state index >= 15 is 0 Å². The minimum Gasteiger partial charge on any atom is -0.295 e. The van der Waals surface area contributed by atoms with E-state index in [-0.39, 0.29) is 5.78 Å². The summed E-state index contributed by atoms with van der Waals surface area (Å²) in [6.45, 7) is 3.90. The Morgan fingerprint density at radius 1 is 0.879 bits per heavy atom. The number of hydrogen-bond donors (Lipinski definition) is 0. The van der Waals surface area contributed by atoms with Crippen molar-refractivity contribution in [2.75, 3.05) is 0 Å². The van der Waals surface area contributed by atoms with Crippen LogP contribution in [0.4, 0.5) is 0 Å². The number of fused-ring (bicyclic) bond motifs is 1. The van der Waals surface area contributed by atoms with E-state index < -0.39 is 21.6 Å². The van der Waals surface area contributed by atoms with E-state index in [1.165, 1.54) is 0 Å². The van der Waals surface area contributed by atoms with Crippen LogP contribution >= 0.6 is 0 Å². The van der Waals surface area contributed by atoms with Crippen molar-refractivity contribution in [3.8, 4) is 6.07 Å². The molecule has 0 spiro atoms. The number of ketones is 1. The van der Waals surface area contributed by atoms with Gasteiger partial charge in [0.05, 0.1) is 22.3 Å². The molecule has 0 heterocycles. The zero-order chi connectivity index (χ0) is 23.2. The summed E-state index contributed by atoms with van der Waals surface area (Å²) in [5, 5.41) is 10.6. The Morgan fingerprint density at radius 3 is 2.24 bits per heavy atom. The molecule has 1 saturated carbocycles. The molecule has 0 saturated heterocycles. The Hall–Kier alpha value is -3.29. The van der Waals surface area contributed by atoms with Gasteiger partial charge in [-0.1, -0.05) is 71.8 Å². The lowest BCUT2D eigenvalue weighted by Crippen LogP contribution is -2.29. The molecule has 3 aromatic carbocycles. The van der Waals surface area contributed by atoms with Crippen LogP contribution in [-0.4, -0.2) is 9.99 Å². The molecule has 3 atom stereocenters. The van der Waals surface area contributed by atoms with Crippen molar-refractivity contribution in [2.45, 2.75) is 53.7 Å². The highest BCUT2D eigenvalue weighted by molar-refractivity contribution is 7.85. The van der Waals surface area contributed by atoms with E-state index in [0.29, 0.717) is 24.2 Å². The van der Waals surface area contributed by atoms with Gasteiger partial charge < -0.3 is 0 Å². The summed E-state index contributed by atoms with van der Waals surface area (Å²) in [5.74, 6) is 0.164. The molecular weight excluding hydrogens is 426 g/mol. The minimum atomic E-state index is -1.40. The highest BCUT2D eigenvalue weighted by atomic mass is 32.2. The van der Waals surface area contributed by atoms with Gasteiger partial charge in [0.1, 0.15) is 0 Å². The molecule has 0 amide bonds. The summed E-state index contributed by atoms with van der Waals surface area (Å²) in [6.07, 6.45) is 1.39. The molecule has 0 radical (unpaired) electrons. The van der Waals surface area contributed by atoms with E-state index in [1.54, 1.807) is 0 Å². The van der Waals surface area contributed by atoms with Crippen LogP contribution in [0.15, 0.2) is 99.8 Å². The van der Waals surface area contributed by atoms with E-state index in [2.05, 4.69) is 18.2 Å². The summed E-state index contributed by atoms with van der Waals surface area (Å²) in [5.41, 5.74) is 3.53. The maximum atomic E-state index is 13.6. The predicted octanol–water partition coefficient (Wildman–Crippen LogP) is 5.94. The van der Waals surface area contributed by atoms with E-state index in [1.807, 2.05) is 80.6 Å². The largest absolute Gasteiger partial charge is 0.295 e. The molecule has 0 aliphatic heterocycles. The Kier molecular flexibility index (Phi) is 5.18. The zero-order valence-electron chi connectivity index (χ0n) is 18.8. The SMILES string of the molecule is CC1=C2C[C@@](C#N)(c3ccccc3[S@@](=O)c3ccc(C)cc3)C[C@@]2(c2ccccc2)CC1=O. The van der Waals surface area contributed by atoms with Gasteiger partial charge in [0.2, 0.25) is 0 Å². The molecule has 3 nitrogen and oxygen atoms in total. The van der Waals surface area contributed by atoms with Crippen LogP contribution < -0.4 is 0 Å². The average Bonchev–Trinajstić information content (AvgIpc) is 3.31. The first-order valence-electron chi connectivity index (χ1n) is 11.2. The molecule has 0 unspecified atom stereocenters. The number of carbonyl (C=O) groups excluding carboxylic acids is 1. The fourth-order valence-corrected chi connectivity index (χ4v) is 6.97. The molecule has 3 aromatic rings. The fourth-order valence-electron chi connectivity index (χ4n) is 5.67. The van der Waals surface area contributed by atoms with Crippen LogP contribution in [0.2, 0.25) is 0 Å². The van der Waals surface area contributed by atoms with Gasteiger partial charge in [-0.3, -0.25) is 4.79 Å². The molecule has 33 heavy (non-hydrogen) atoms. The summed E-state index contributed by atoms with van der Waals surface area (Å²) in [4.78, 5) is 14.2. The second-order valence-corrected chi connectivity index (χ2v) is 10.7. The summed E-state index contributed by atoms with van der Waals surface area (Å²) >= 11 is 0. The lowest BCUT2D eigenvalue weighted by molar-refractivity contribution is -0.115. The third-order valence-corrected chi connectivity index (χ3v) is 8.83. The molecular formula is C29H25NO2S. The van der Waals surface area contributed by atoms with Crippen LogP contribution in [0.25, 0.3) is 0 Å². The van der Waals surface area contributed by atoms with Crippen molar-refractivity contribution in [1.29, 1.82) is 5.26 Å². The number of benzene rings is 3. The van der Waals surface area contributed by atoms with Crippen molar-refractivity contribution >= 4 is 16.6 Å². The Morgan fingerprint density at radius 2 is 1.55 bits per heavy atom. The first-order chi connectivity index (χ1) is 15.9. The Balaban J connectivity index is 1.66. The highest BCUT2D eigenvalue weighted by Crippen LogP contribution is 2.61. The van der Waals surface area contributed by atoms with Gasteiger partial charge in [-0.25, -0.2) is 4.21 Å². The number of allylic oxidation sites excluding steroid dienone is 2. The van der Waals surface area contributed by atoms with E-state index in [4.69, 9.17) is 0 Å². The second-order valence-electron chi connectivity index (χ2n) is 9.28. The third-order valence-electron chi connectivity index (χ3n) is 7.37.